The zero-order valence-electron chi connectivity index (χ0n) is 19.3. The van der Waals surface area contributed by atoms with E-state index < -0.39 is 5.97 Å². The van der Waals surface area contributed by atoms with Crippen LogP contribution in [0.15, 0.2) is 23.6 Å². The molecule has 1 aliphatic carbocycles. The summed E-state index contributed by atoms with van der Waals surface area (Å²) in [6, 6.07) is 6.84. The molecule has 0 amide bonds. The highest BCUT2D eigenvalue weighted by molar-refractivity contribution is 7.13. The molecule has 2 aliphatic rings. The number of thiazole rings is 1. The van der Waals surface area contributed by atoms with E-state index in [0.717, 1.165) is 49.0 Å². The molecule has 1 saturated carbocycles. The van der Waals surface area contributed by atoms with E-state index in [1.54, 1.807) is 11.3 Å². The molecule has 32 heavy (non-hydrogen) atoms. The second-order valence-corrected chi connectivity index (χ2v) is 10.5. The molecule has 0 radical (unpaired) electrons. The highest BCUT2D eigenvalue weighted by Gasteiger charge is 2.28. The first-order valence-electron chi connectivity index (χ1n) is 11.8. The number of ether oxygens (including phenoxy) is 1. The minimum atomic E-state index is -0.770. The molecule has 174 valence electrons. The van der Waals surface area contributed by atoms with Crippen molar-refractivity contribution >= 4 is 33.8 Å². The minimum absolute atomic E-state index is 0.0537. The van der Waals surface area contributed by atoms with Gasteiger partial charge in [0.25, 0.3) is 0 Å². The highest BCUT2D eigenvalue weighted by Crippen LogP contribution is 2.42. The van der Waals surface area contributed by atoms with Crippen LogP contribution in [-0.2, 0) is 9.53 Å². The van der Waals surface area contributed by atoms with Gasteiger partial charge in [0.15, 0.2) is 5.13 Å². The summed E-state index contributed by atoms with van der Waals surface area (Å²) in [6.07, 6.45) is 4.64. The van der Waals surface area contributed by atoms with Crippen LogP contribution in [0.25, 0.3) is 0 Å². The van der Waals surface area contributed by atoms with E-state index in [4.69, 9.17) is 9.72 Å². The maximum Gasteiger partial charge on any atom is 0.303 e. The Hall–Kier alpha value is -2.12. The van der Waals surface area contributed by atoms with Crippen LogP contribution in [0.5, 0.6) is 0 Å². The van der Waals surface area contributed by atoms with Gasteiger partial charge in [0.05, 0.1) is 23.5 Å². The number of rotatable bonds is 10. The second-order valence-electron chi connectivity index (χ2n) is 9.64. The van der Waals surface area contributed by atoms with Gasteiger partial charge in [0.2, 0.25) is 0 Å². The fourth-order valence-electron chi connectivity index (χ4n) is 4.45. The summed E-state index contributed by atoms with van der Waals surface area (Å²) in [5.41, 5.74) is 4.41. The molecule has 1 aromatic heterocycles. The molecule has 2 heterocycles. The van der Waals surface area contributed by atoms with Crippen molar-refractivity contribution in [3.8, 4) is 0 Å². The summed E-state index contributed by atoms with van der Waals surface area (Å²) in [4.78, 5) is 18.7. The van der Waals surface area contributed by atoms with Gasteiger partial charge >= 0.3 is 5.97 Å². The molecule has 4 rings (SSSR count). The van der Waals surface area contributed by atoms with Crippen LogP contribution in [0.1, 0.15) is 76.0 Å². The quantitative estimate of drug-likeness (QED) is 0.457. The molecule has 0 spiro atoms. The van der Waals surface area contributed by atoms with Crippen LogP contribution >= 0.6 is 11.3 Å². The Morgan fingerprint density at radius 2 is 2.00 bits per heavy atom. The maximum absolute atomic E-state index is 11.3. The SMILES string of the molecule is CC(C)CN(c1ccc([C@H](C)CC(=O)O)cc1Nc1nc(C2CC2)cs1)C1CCOCC1. The van der Waals surface area contributed by atoms with Crippen LogP contribution in [0.4, 0.5) is 16.5 Å². The number of carbonyl (C=O) groups is 1. The Morgan fingerprint density at radius 3 is 2.66 bits per heavy atom. The van der Waals surface area contributed by atoms with E-state index in [1.807, 2.05) is 6.92 Å². The number of aromatic nitrogens is 1. The minimum Gasteiger partial charge on any atom is -0.481 e. The van der Waals surface area contributed by atoms with E-state index in [9.17, 15) is 9.90 Å². The lowest BCUT2D eigenvalue weighted by atomic mass is 9.95. The molecule has 6 nitrogen and oxygen atoms in total. The number of nitrogens with zero attached hydrogens (tertiary/aromatic N) is 2. The largest absolute Gasteiger partial charge is 0.481 e. The Bertz CT molecular complexity index is 919. The lowest BCUT2D eigenvalue weighted by Gasteiger charge is -2.38. The predicted molar refractivity (Wildman–Crippen MR) is 131 cm³/mol. The number of anilines is 3. The smallest absolute Gasteiger partial charge is 0.303 e. The second kappa shape index (κ2) is 10.2. The topological polar surface area (TPSA) is 74.7 Å². The van der Waals surface area contributed by atoms with Gasteiger partial charge in [-0.05, 0) is 55.2 Å². The maximum atomic E-state index is 11.3. The van der Waals surface area contributed by atoms with Crippen LogP contribution in [0.3, 0.4) is 0 Å². The summed E-state index contributed by atoms with van der Waals surface area (Å²) in [5.74, 6) is 0.330. The van der Waals surface area contributed by atoms with Crippen LogP contribution < -0.4 is 10.2 Å². The third kappa shape index (κ3) is 5.81. The molecule has 1 aromatic carbocycles. The molecular formula is C25H35N3O3S. The standard InChI is InChI=1S/C25H35N3O3S/c1-16(2)14-28(20-8-10-31-11-9-20)23-7-6-19(17(3)12-24(29)30)13-21(23)26-25-27-22(15-32-25)18-4-5-18/h6-7,13,15-18,20H,4-5,8-12,14H2,1-3H3,(H,26,27)(H,29,30)/t17-/m1/s1. The fourth-order valence-corrected chi connectivity index (χ4v) is 5.25. The van der Waals surface area contributed by atoms with Crippen molar-refractivity contribution in [1.82, 2.24) is 4.98 Å². The van der Waals surface area contributed by atoms with E-state index >= 15 is 0 Å². The Balaban J connectivity index is 1.68. The van der Waals surface area contributed by atoms with Crippen LogP contribution in [-0.4, -0.2) is 41.9 Å². The number of benzene rings is 1. The molecule has 1 aliphatic heterocycles. The average molecular weight is 458 g/mol. The predicted octanol–water partition coefficient (Wildman–Crippen LogP) is 5.98. The van der Waals surface area contributed by atoms with Crippen molar-refractivity contribution in [2.45, 2.75) is 70.8 Å². The van der Waals surface area contributed by atoms with Crippen molar-refractivity contribution in [3.63, 3.8) is 0 Å². The molecule has 2 N–H and O–H groups in total. The van der Waals surface area contributed by atoms with Crippen LogP contribution in [0.2, 0.25) is 0 Å². The summed E-state index contributed by atoms with van der Waals surface area (Å²) in [7, 11) is 0. The Kier molecular flexibility index (Phi) is 7.36. The Morgan fingerprint density at radius 1 is 1.25 bits per heavy atom. The summed E-state index contributed by atoms with van der Waals surface area (Å²) in [5, 5.41) is 16.0. The number of hydrogen-bond acceptors (Lipinski definition) is 6. The van der Waals surface area contributed by atoms with Gasteiger partial charge in [-0.25, -0.2) is 4.98 Å². The molecule has 2 fully saturated rings. The number of aliphatic carboxylic acids is 1. The number of nitrogens with one attached hydrogen (secondary N) is 1. The number of carboxylic acids is 1. The van der Waals surface area contributed by atoms with E-state index in [1.165, 1.54) is 24.2 Å². The van der Waals surface area contributed by atoms with Crippen molar-refractivity contribution in [1.29, 1.82) is 0 Å². The van der Waals surface area contributed by atoms with Gasteiger partial charge in [0.1, 0.15) is 0 Å². The van der Waals surface area contributed by atoms with E-state index in [0.29, 0.717) is 17.9 Å². The number of hydrogen-bond donors (Lipinski definition) is 2. The van der Waals surface area contributed by atoms with Crippen molar-refractivity contribution in [3.05, 3.63) is 34.8 Å². The van der Waals surface area contributed by atoms with Gasteiger partial charge in [-0.2, -0.15) is 0 Å². The lowest BCUT2D eigenvalue weighted by molar-refractivity contribution is -0.137. The molecule has 7 heteroatoms. The summed E-state index contributed by atoms with van der Waals surface area (Å²) < 4.78 is 5.63. The molecule has 1 saturated heterocycles. The molecule has 0 bridgehead atoms. The highest BCUT2D eigenvalue weighted by atomic mass is 32.1. The third-order valence-corrected chi connectivity index (χ3v) is 7.11. The van der Waals surface area contributed by atoms with Crippen molar-refractivity contribution in [2.75, 3.05) is 30.0 Å². The van der Waals surface area contributed by atoms with Gasteiger partial charge in [-0.3, -0.25) is 4.79 Å². The molecule has 2 aromatic rings. The first-order chi connectivity index (χ1) is 15.4. The van der Waals surface area contributed by atoms with Crippen molar-refractivity contribution in [2.24, 2.45) is 5.92 Å². The zero-order chi connectivity index (χ0) is 22.7. The van der Waals surface area contributed by atoms with Crippen molar-refractivity contribution < 1.29 is 14.6 Å². The first-order valence-corrected chi connectivity index (χ1v) is 12.7. The Labute approximate surface area is 195 Å². The molecular weight excluding hydrogens is 422 g/mol. The lowest BCUT2D eigenvalue weighted by Crippen LogP contribution is -2.42. The number of carboxylic acid groups (broad SMARTS) is 1. The van der Waals surface area contributed by atoms with E-state index in [-0.39, 0.29) is 12.3 Å². The molecule has 0 unspecified atom stereocenters. The van der Waals surface area contributed by atoms with Gasteiger partial charge in [-0.15, -0.1) is 11.3 Å². The molecule has 1 atom stereocenters. The average Bonchev–Trinajstić information content (AvgIpc) is 3.51. The van der Waals surface area contributed by atoms with Crippen LogP contribution in [0, 0.1) is 5.92 Å². The van der Waals surface area contributed by atoms with Gasteiger partial charge < -0.3 is 20.1 Å². The van der Waals surface area contributed by atoms with Gasteiger partial charge in [0, 0.05) is 37.1 Å². The first kappa shape index (κ1) is 23.1. The summed E-state index contributed by atoms with van der Waals surface area (Å²) in [6.45, 7) is 9.05. The van der Waals surface area contributed by atoms with E-state index in [2.05, 4.69) is 47.6 Å². The monoisotopic (exact) mass is 457 g/mol. The zero-order valence-corrected chi connectivity index (χ0v) is 20.2. The normalized spacial score (nSPS) is 18.0. The third-order valence-electron chi connectivity index (χ3n) is 6.33. The van der Waals surface area contributed by atoms with Gasteiger partial charge in [-0.1, -0.05) is 26.8 Å². The summed E-state index contributed by atoms with van der Waals surface area (Å²) >= 11 is 1.65. The fraction of sp³-hybridized carbons (Fsp3) is 0.600.